The zero-order valence-electron chi connectivity index (χ0n) is 10.5. The lowest BCUT2D eigenvalue weighted by atomic mass is 10.3. The van der Waals surface area contributed by atoms with Crippen molar-refractivity contribution in [3.63, 3.8) is 0 Å². The molecule has 0 aliphatic heterocycles. The van der Waals surface area contributed by atoms with Gasteiger partial charge >= 0.3 is 5.69 Å². The lowest BCUT2D eigenvalue weighted by Gasteiger charge is -2.14. The number of benzene rings is 1. The zero-order valence-corrected chi connectivity index (χ0v) is 12.1. The van der Waals surface area contributed by atoms with Crippen molar-refractivity contribution in [3.05, 3.63) is 74.0 Å². The highest BCUT2D eigenvalue weighted by Gasteiger charge is 2.14. The van der Waals surface area contributed by atoms with Gasteiger partial charge in [0.25, 0.3) is 5.56 Å². The van der Waals surface area contributed by atoms with Gasteiger partial charge in [-0.2, -0.15) is 0 Å². The van der Waals surface area contributed by atoms with Gasteiger partial charge in [0.15, 0.2) is 0 Å². The molecule has 0 amide bonds. The Morgan fingerprint density at radius 2 is 1.89 bits per heavy atom. The minimum Gasteiger partial charge on any atom is -0.268 e. The summed E-state index contributed by atoms with van der Waals surface area (Å²) in [7, 11) is 0. The molecule has 1 aromatic heterocycles. The van der Waals surface area contributed by atoms with E-state index >= 15 is 0 Å². The number of para-hydroxylation sites is 1. The maximum atomic E-state index is 12.4. The van der Waals surface area contributed by atoms with Gasteiger partial charge in [-0.1, -0.05) is 24.3 Å². The predicted molar refractivity (Wildman–Crippen MR) is 78.9 cm³/mol. The van der Waals surface area contributed by atoms with Gasteiger partial charge in [0, 0.05) is 12.2 Å². The van der Waals surface area contributed by atoms with Crippen LogP contribution in [0.3, 0.4) is 0 Å². The van der Waals surface area contributed by atoms with E-state index in [0.717, 1.165) is 10.3 Å². The molecule has 0 bridgehead atoms. The molecule has 0 atom stereocenters. The molecule has 4 nitrogen and oxygen atoms in total. The van der Waals surface area contributed by atoms with Crippen molar-refractivity contribution in [2.24, 2.45) is 0 Å². The number of aromatic nitrogens is 2. The fourth-order valence-corrected chi connectivity index (χ4v) is 2.29. The average Bonchev–Trinajstić information content (AvgIpc) is 2.43. The van der Waals surface area contributed by atoms with E-state index in [2.05, 4.69) is 22.5 Å². The maximum absolute atomic E-state index is 12.4. The zero-order chi connectivity index (χ0) is 14.0. The summed E-state index contributed by atoms with van der Waals surface area (Å²) in [6.07, 6.45) is 1.53. The van der Waals surface area contributed by atoms with Crippen molar-refractivity contribution >= 4 is 15.9 Å². The first kappa shape index (κ1) is 13.5. The van der Waals surface area contributed by atoms with E-state index in [4.69, 9.17) is 0 Å². The lowest BCUT2D eigenvalue weighted by molar-refractivity contribution is 0.663. The summed E-state index contributed by atoms with van der Waals surface area (Å²) in [6, 6.07) is 9.21. The van der Waals surface area contributed by atoms with Gasteiger partial charge in [-0.05, 0) is 35.0 Å². The Labute approximate surface area is 118 Å². The lowest BCUT2D eigenvalue weighted by Crippen LogP contribution is -2.40. The highest BCUT2D eigenvalue weighted by Crippen LogP contribution is 2.13. The predicted octanol–water partition coefficient (Wildman–Crippen LogP) is 2.26. The topological polar surface area (TPSA) is 44.0 Å². The van der Waals surface area contributed by atoms with Crippen molar-refractivity contribution in [1.29, 1.82) is 0 Å². The molecule has 5 heteroatoms. The number of rotatable bonds is 3. The van der Waals surface area contributed by atoms with Crippen LogP contribution in [0.15, 0.2) is 57.0 Å². The van der Waals surface area contributed by atoms with Gasteiger partial charge < -0.3 is 0 Å². The van der Waals surface area contributed by atoms with Gasteiger partial charge in [-0.3, -0.25) is 13.9 Å². The molecule has 0 aliphatic carbocycles. The Morgan fingerprint density at radius 3 is 2.47 bits per heavy atom. The van der Waals surface area contributed by atoms with Crippen molar-refractivity contribution in [3.8, 4) is 5.69 Å². The van der Waals surface area contributed by atoms with Crippen molar-refractivity contribution in [2.75, 3.05) is 0 Å². The molecule has 0 unspecified atom stereocenters. The molecule has 1 heterocycles. The van der Waals surface area contributed by atoms with Crippen molar-refractivity contribution in [2.45, 2.75) is 13.5 Å². The second-order valence-electron chi connectivity index (χ2n) is 4.06. The van der Waals surface area contributed by atoms with Crippen molar-refractivity contribution < 1.29 is 0 Å². The highest BCUT2D eigenvalue weighted by molar-refractivity contribution is 9.10. The summed E-state index contributed by atoms with van der Waals surface area (Å²) in [5, 5.41) is 0. The Bertz CT molecular complexity index is 730. The fourth-order valence-electron chi connectivity index (χ4n) is 1.89. The Hall–Kier alpha value is -1.88. The van der Waals surface area contributed by atoms with E-state index in [0.29, 0.717) is 10.2 Å². The monoisotopic (exact) mass is 320 g/mol. The SMILES string of the molecule is C=CCn1c(=O)c(Br)c(C)n(-c2ccccc2)c1=O. The number of halogens is 1. The standard InChI is InChI=1S/C14H13BrN2O2/c1-3-9-16-13(18)12(15)10(2)17(14(16)19)11-7-5-4-6-8-11/h3-8H,1,9H2,2H3. The van der Waals surface area contributed by atoms with E-state index in [1.807, 2.05) is 30.3 Å². The Morgan fingerprint density at radius 1 is 1.26 bits per heavy atom. The molecular formula is C14H13BrN2O2. The molecule has 19 heavy (non-hydrogen) atoms. The summed E-state index contributed by atoms with van der Waals surface area (Å²) in [5.41, 5.74) is 0.608. The molecular weight excluding hydrogens is 308 g/mol. The number of hydrogen-bond acceptors (Lipinski definition) is 2. The van der Waals surface area contributed by atoms with E-state index in [-0.39, 0.29) is 17.8 Å². The van der Waals surface area contributed by atoms with Gasteiger partial charge in [0.2, 0.25) is 0 Å². The molecule has 0 fully saturated rings. The van der Waals surface area contributed by atoms with Gasteiger partial charge in [-0.25, -0.2) is 4.79 Å². The van der Waals surface area contributed by atoms with Crippen LogP contribution >= 0.6 is 15.9 Å². The smallest absolute Gasteiger partial charge is 0.268 e. The first-order chi connectivity index (χ1) is 9.07. The third kappa shape index (κ3) is 2.33. The van der Waals surface area contributed by atoms with E-state index in [1.165, 1.54) is 10.6 Å². The summed E-state index contributed by atoms with van der Waals surface area (Å²) in [6.45, 7) is 5.49. The number of hydrogen-bond donors (Lipinski definition) is 0. The van der Waals surface area contributed by atoms with Crippen molar-refractivity contribution in [1.82, 2.24) is 9.13 Å². The number of allylic oxidation sites excluding steroid dienone is 1. The molecule has 0 saturated heterocycles. The average molecular weight is 321 g/mol. The molecule has 98 valence electrons. The summed E-state index contributed by atoms with van der Waals surface area (Å²) in [5.74, 6) is 0. The third-order valence-corrected chi connectivity index (χ3v) is 3.75. The first-order valence-corrected chi connectivity index (χ1v) is 6.55. The molecule has 0 saturated carbocycles. The van der Waals surface area contributed by atoms with Gasteiger partial charge in [-0.15, -0.1) is 6.58 Å². The van der Waals surface area contributed by atoms with Gasteiger partial charge in [0.1, 0.15) is 4.47 Å². The number of nitrogens with zero attached hydrogens (tertiary/aromatic N) is 2. The van der Waals surface area contributed by atoms with Crippen LogP contribution in [0, 0.1) is 6.92 Å². The first-order valence-electron chi connectivity index (χ1n) is 5.76. The minimum atomic E-state index is -0.364. The summed E-state index contributed by atoms with van der Waals surface area (Å²) in [4.78, 5) is 24.4. The van der Waals surface area contributed by atoms with Crippen LogP contribution in [-0.2, 0) is 6.54 Å². The Balaban J connectivity index is 2.86. The third-order valence-electron chi connectivity index (χ3n) is 2.83. The van der Waals surface area contributed by atoms with Crippen LogP contribution in [0.5, 0.6) is 0 Å². The van der Waals surface area contributed by atoms with E-state index < -0.39 is 0 Å². The molecule has 0 aliphatic rings. The molecule has 1 aromatic carbocycles. The molecule has 0 spiro atoms. The van der Waals surface area contributed by atoms with Gasteiger partial charge in [0.05, 0.1) is 5.69 Å². The highest BCUT2D eigenvalue weighted by atomic mass is 79.9. The summed E-state index contributed by atoms with van der Waals surface area (Å²) < 4.78 is 3.05. The Kier molecular flexibility index (Phi) is 3.85. The van der Waals surface area contributed by atoms with Crippen LogP contribution in [0.4, 0.5) is 0 Å². The van der Waals surface area contributed by atoms with E-state index in [9.17, 15) is 9.59 Å². The van der Waals surface area contributed by atoms with Crippen LogP contribution in [-0.4, -0.2) is 9.13 Å². The molecule has 2 aromatic rings. The quantitative estimate of drug-likeness (QED) is 0.814. The molecule has 0 N–H and O–H groups in total. The largest absolute Gasteiger partial charge is 0.336 e. The maximum Gasteiger partial charge on any atom is 0.336 e. The molecule has 2 rings (SSSR count). The molecule has 0 radical (unpaired) electrons. The van der Waals surface area contributed by atoms with Crippen LogP contribution in [0.2, 0.25) is 0 Å². The van der Waals surface area contributed by atoms with Crippen LogP contribution < -0.4 is 11.2 Å². The van der Waals surface area contributed by atoms with E-state index in [1.54, 1.807) is 6.92 Å². The second kappa shape index (κ2) is 5.40. The second-order valence-corrected chi connectivity index (χ2v) is 4.85. The minimum absolute atomic E-state index is 0.184. The summed E-state index contributed by atoms with van der Waals surface area (Å²) >= 11 is 3.25. The fraction of sp³-hybridized carbons (Fsp3) is 0.143. The van der Waals surface area contributed by atoms with Crippen LogP contribution in [0.1, 0.15) is 5.69 Å². The normalized spacial score (nSPS) is 10.4. The van der Waals surface area contributed by atoms with Crippen LogP contribution in [0.25, 0.3) is 5.69 Å².